The SMILES string of the molecule is CC(C)Sc1nnc(NC(=O)c2ccc(Cl)c(S(=O)(=O)N3CCN(C)CC3)c2)s1. The highest BCUT2D eigenvalue weighted by molar-refractivity contribution is 8.01. The number of halogens is 1. The zero-order valence-electron chi connectivity index (χ0n) is 16.3. The van der Waals surface area contributed by atoms with Gasteiger partial charge in [-0.1, -0.05) is 48.5 Å². The van der Waals surface area contributed by atoms with Gasteiger partial charge in [-0.15, -0.1) is 10.2 Å². The maximum atomic E-state index is 13.0. The van der Waals surface area contributed by atoms with Gasteiger partial charge in [0.15, 0.2) is 4.34 Å². The second-order valence-electron chi connectivity index (χ2n) is 6.85. The fraction of sp³-hybridized carbons (Fsp3) is 0.471. The average Bonchev–Trinajstić information content (AvgIpc) is 3.08. The van der Waals surface area contributed by atoms with Crippen LogP contribution in [0.1, 0.15) is 24.2 Å². The summed E-state index contributed by atoms with van der Waals surface area (Å²) in [4.78, 5) is 14.6. The van der Waals surface area contributed by atoms with Gasteiger partial charge in [0.05, 0.1) is 5.02 Å². The van der Waals surface area contributed by atoms with E-state index in [1.54, 1.807) is 11.8 Å². The largest absolute Gasteiger partial charge is 0.304 e. The van der Waals surface area contributed by atoms with Crippen molar-refractivity contribution in [2.45, 2.75) is 28.3 Å². The minimum atomic E-state index is -3.79. The summed E-state index contributed by atoms with van der Waals surface area (Å²) >= 11 is 9.00. The van der Waals surface area contributed by atoms with Gasteiger partial charge in [0.1, 0.15) is 4.90 Å². The van der Waals surface area contributed by atoms with E-state index in [1.807, 2.05) is 20.9 Å². The number of benzene rings is 1. The van der Waals surface area contributed by atoms with Gasteiger partial charge in [0.25, 0.3) is 5.91 Å². The molecule has 3 rings (SSSR count). The van der Waals surface area contributed by atoms with E-state index in [0.29, 0.717) is 36.6 Å². The smallest absolute Gasteiger partial charge is 0.257 e. The molecule has 1 N–H and O–H groups in total. The highest BCUT2D eigenvalue weighted by Crippen LogP contribution is 2.30. The lowest BCUT2D eigenvalue weighted by atomic mass is 10.2. The molecular formula is C17H22ClN5O3S3. The number of hydrogen-bond donors (Lipinski definition) is 1. The summed E-state index contributed by atoms with van der Waals surface area (Å²) in [7, 11) is -1.84. The second-order valence-corrected chi connectivity index (χ2v) is 12.0. The number of carbonyl (C=O) groups is 1. The van der Waals surface area contributed by atoms with Crippen LogP contribution in [-0.4, -0.2) is 72.2 Å². The predicted octanol–water partition coefficient (Wildman–Crippen LogP) is 2.88. The van der Waals surface area contributed by atoms with Crippen molar-refractivity contribution in [2.75, 3.05) is 38.5 Å². The summed E-state index contributed by atoms with van der Waals surface area (Å²) in [6.07, 6.45) is 0. The number of thioether (sulfide) groups is 1. The van der Waals surface area contributed by atoms with Crippen LogP contribution in [-0.2, 0) is 10.0 Å². The Bertz CT molecular complexity index is 988. The van der Waals surface area contributed by atoms with Crippen molar-refractivity contribution in [2.24, 2.45) is 0 Å². The molecule has 0 aliphatic carbocycles. The lowest BCUT2D eigenvalue weighted by molar-refractivity contribution is 0.102. The molecule has 0 spiro atoms. The molecule has 1 saturated heterocycles. The van der Waals surface area contributed by atoms with E-state index in [0.717, 1.165) is 4.34 Å². The molecule has 0 radical (unpaired) electrons. The van der Waals surface area contributed by atoms with Crippen molar-refractivity contribution in [3.05, 3.63) is 28.8 Å². The molecule has 2 aromatic rings. The van der Waals surface area contributed by atoms with Gasteiger partial charge < -0.3 is 4.90 Å². The summed E-state index contributed by atoms with van der Waals surface area (Å²) in [6, 6.07) is 4.24. The standard InChI is InChI=1S/C17H22ClN5O3S3/c1-11(2)27-17-21-20-16(28-17)19-15(24)12-4-5-13(18)14(10-12)29(25,26)23-8-6-22(3)7-9-23/h4-5,10-11H,6-9H2,1-3H3,(H,19,20,24). The van der Waals surface area contributed by atoms with Crippen LogP contribution in [0.15, 0.2) is 27.4 Å². The number of sulfonamides is 1. The van der Waals surface area contributed by atoms with E-state index in [2.05, 4.69) is 20.4 Å². The number of nitrogens with one attached hydrogen (secondary N) is 1. The number of amides is 1. The molecule has 1 aromatic carbocycles. The van der Waals surface area contributed by atoms with Crippen LogP contribution in [0.2, 0.25) is 5.02 Å². The molecule has 1 aromatic heterocycles. The topological polar surface area (TPSA) is 95.5 Å². The number of anilines is 1. The molecule has 0 atom stereocenters. The Hall–Kier alpha value is -1.24. The number of nitrogens with zero attached hydrogens (tertiary/aromatic N) is 4. The molecule has 29 heavy (non-hydrogen) atoms. The Kier molecular flexibility index (Phi) is 7.18. The summed E-state index contributed by atoms with van der Waals surface area (Å²) in [6.45, 7) is 6.13. The Morgan fingerprint density at radius 3 is 2.59 bits per heavy atom. The maximum Gasteiger partial charge on any atom is 0.257 e. The van der Waals surface area contributed by atoms with E-state index >= 15 is 0 Å². The molecule has 2 heterocycles. The third-order valence-electron chi connectivity index (χ3n) is 4.24. The van der Waals surface area contributed by atoms with Crippen molar-refractivity contribution < 1.29 is 13.2 Å². The van der Waals surface area contributed by atoms with Crippen LogP contribution >= 0.6 is 34.7 Å². The number of aromatic nitrogens is 2. The van der Waals surface area contributed by atoms with Crippen molar-refractivity contribution in [3.8, 4) is 0 Å². The number of piperazine rings is 1. The van der Waals surface area contributed by atoms with E-state index < -0.39 is 15.9 Å². The van der Waals surface area contributed by atoms with Gasteiger partial charge in [-0.25, -0.2) is 8.42 Å². The molecule has 1 fully saturated rings. The molecule has 8 nitrogen and oxygen atoms in total. The highest BCUT2D eigenvalue weighted by atomic mass is 35.5. The van der Waals surface area contributed by atoms with Crippen LogP contribution in [0.5, 0.6) is 0 Å². The molecule has 1 amide bonds. The fourth-order valence-corrected chi connectivity index (χ4v) is 6.58. The number of likely N-dealkylation sites (N-methyl/N-ethyl adjacent to an activating group) is 1. The van der Waals surface area contributed by atoms with Gasteiger partial charge in [-0.05, 0) is 25.2 Å². The molecule has 12 heteroatoms. The van der Waals surface area contributed by atoms with Crippen LogP contribution < -0.4 is 5.32 Å². The first kappa shape index (κ1) is 22.4. The first-order valence-electron chi connectivity index (χ1n) is 8.96. The van der Waals surface area contributed by atoms with Gasteiger partial charge in [0, 0.05) is 37.0 Å². The first-order valence-corrected chi connectivity index (χ1v) is 12.5. The van der Waals surface area contributed by atoms with E-state index in [1.165, 1.54) is 33.8 Å². The lowest BCUT2D eigenvalue weighted by Gasteiger charge is -2.31. The average molecular weight is 476 g/mol. The monoisotopic (exact) mass is 475 g/mol. The third-order valence-corrected chi connectivity index (χ3v) is 8.54. The van der Waals surface area contributed by atoms with Gasteiger partial charge in [-0.2, -0.15) is 4.31 Å². The molecule has 0 saturated carbocycles. The third kappa shape index (κ3) is 5.47. The summed E-state index contributed by atoms with van der Waals surface area (Å²) in [5.74, 6) is -0.464. The molecule has 1 aliphatic heterocycles. The molecular weight excluding hydrogens is 454 g/mol. The van der Waals surface area contributed by atoms with Crippen LogP contribution in [0.25, 0.3) is 0 Å². The fourth-order valence-electron chi connectivity index (χ4n) is 2.69. The predicted molar refractivity (Wildman–Crippen MR) is 117 cm³/mol. The van der Waals surface area contributed by atoms with Crippen LogP contribution in [0.4, 0.5) is 5.13 Å². The summed E-state index contributed by atoms with van der Waals surface area (Å²) in [5, 5.41) is 11.5. The van der Waals surface area contributed by atoms with Gasteiger partial charge >= 0.3 is 0 Å². The first-order chi connectivity index (χ1) is 13.7. The quantitative estimate of drug-likeness (QED) is 0.507. The zero-order chi connectivity index (χ0) is 21.2. The van der Waals surface area contributed by atoms with Crippen LogP contribution in [0.3, 0.4) is 0 Å². The number of hydrogen-bond acceptors (Lipinski definition) is 8. The molecule has 158 valence electrons. The molecule has 0 bridgehead atoms. The minimum absolute atomic E-state index is 0.0651. The van der Waals surface area contributed by atoms with E-state index in [4.69, 9.17) is 11.6 Å². The normalized spacial score (nSPS) is 16.3. The van der Waals surface area contributed by atoms with Crippen molar-refractivity contribution in [1.82, 2.24) is 19.4 Å². The maximum absolute atomic E-state index is 13.0. The summed E-state index contributed by atoms with van der Waals surface area (Å²) < 4.78 is 28.2. The van der Waals surface area contributed by atoms with Crippen molar-refractivity contribution in [1.29, 1.82) is 0 Å². The zero-order valence-corrected chi connectivity index (χ0v) is 19.5. The van der Waals surface area contributed by atoms with Crippen LogP contribution in [0, 0.1) is 0 Å². The Balaban J connectivity index is 1.79. The Labute approximate surface area is 183 Å². The Morgan fingerprint density at radius 1 is 1.24 bits per heavy atom. The van der Waals surface area contributed by atoms with E-state index in [9.17, 15) is 13.2 Å². The van der Waals surface area contributed by atoms with Gasteiger partial charge in [-0.3, -0.25) is 10.1 Å². The van der Waals surface area contributed by atoms with E-state index in [-0.39, 0.29) is 15.5 Å². The van der Waals surface area contributed by atoms with Crippen molar-refractivity contribution in [3.63, 3.8) is 0 Å². The lowest BCUT2D eigenvalue weighted by Crippen LogP contribution is -2.47. The number of carbonyl (C=O) groups excluding carboxylic acids is 1. The number of rotatable bonds is 6. The highest BCUT2D eigenvalue weighted by Gasteiger charge is 2.30. The van der Waals surface area contributed by atoms with Gasteiger partial charge in [0.2, 0.25) is 15.2 Å². The van der Waals surface area contributed by atoms with Crippen molar-refractivity contribution >= 4 is 55.8 Å². The Morgan fingerprint density at radius 2 is 1.93 bits per heavy atom. The molecule has 1 aliphatic rings. The minimum Gasteiger partial charge on any atom is -0.304 e. The second kappa shape index (κ2) is 9.27. The summed E-state index contributed by atoms with van der Waals surface area (Å²) in [5.41, 5.74) is 0.190. The molecule has 0 unspecified atom stereocenters.